The average molecular weight is 401 g/mol. The third kappa shape index (κ3) is 7.40. The van der Waals surface area contributed by atoms with Gasteiger partial charge in [-0.15, -0.1) is 25.2 Å². The molecule has 0 fully saturated rings. The van der Waals surface area contributed by atoms with E-state index in [0.29, 0.717) is 0 Å². The molecule has 0 bridgehead atoms. The first kappa shape index (κ1) is 18.5. The SMILES string of the molecule is CCC1=[C-]CC=C1.CCC1=[C-]CC=C1.Cl.[Hf]. The summed E-state index contributed by atoms with van der Waals surface area (Å²) < 4.78 is 0. The maximum Gasteiger partial charge on any atom is 0 e. The van der Waals surface area contributed by atoms with Crippen LogP contribution < -0.4 is 0 Å². The molecule has 0 radical (unpaired) electrons. The molecular formula is C14H19ClHf-2. The second kappa shape index (κ2) is 11.6. The molecule has 16 heavy (non-hydrogen) atoms. The molecule has 0 saturated heterocycles. The predicted molar refractivity (Wildman–Crippen MR) is 68.9 cm³/mol. The van der Waals surface area contributed by atoms with Gasteiger partial charge in [0, 0.05) is 25.8 Å². The predicted octanol–water partition coefficient (Wildman–Crippen LogP) is 4.59. The second-order valence-corrected chi connectivity index (χ2v) is 3.32. The van der Waals surface area contributed by atoms with Crippen LogP contribution in [-0.2, 0) is 25.8 Å². The van der Waals surface area contributed by atoms with Gasteiger partial charge in [-0.2, -0.15) is 12.2 Å². The minimum Gasteiger partial charge on any atom is -0.270 e. The van der Waals surface area contributed by atoms with E-state index in [4.69, 9.17) is 0 Å². The van der Waals surface area contributed by atoms with Gasteiger partial charge in [-0.1, -0.05) is 26.7 Å². The summed E-state index contributed by atoms with van der Waals surface area (Å²) in [6.45, 7) is 4.30. The monoisotopic (exact) mass is 402 g/mol. The Morgan fingerprint density at radius 2 is 1.31 bits per heavy atom. The van der Waals surface area contributed by atoms with Gasteiger partial charge >= 0.3 is 0 Å². The van der Waals surface area contributed by atoms with Crippen LogP contribution in [0.3, 0.4) is 0 Å². The summed E-state index contributed by atoms with van der Waals surface area (Å²) in [6.07, 6.45) is 19.3. The second-order valence-electron chi connectivity index (χ2n) is 3.32. The Kier molecular flexibility index (Phi) is 13.4. The maximum atomic E-state index is 3.21. The van der Waals surface area contributed by atoms with Crippen LogP contribution >= 0.6 is 12.4 Å². The van der Waals surface area contributed by atoms with E-state index in [2.05, 4.69) is 50.3 Å². The fourth-order valence-corrected chi connectivity index (χ4v) is 1.39. The molecule has 0 nitrogen and oxygen atoms in total. The molecule has 2 rings (SSSR count). The summed E-state index contributed by atoms with van der Waals surface area (Å²) in [5.41, 5.74) is 2.72. The van der Waals surface area contributed by atoms with Gasteiger partial charge in [0.2, 0.25) is 0 Å². The molecule has 0 aromatic heterocycles. The van der Waals surface area contributed by atoms with Crippen molar-refractivity contribution in [3.8, 4) is 0 Å². The zero-order valence-corrected chi connectivity index (χ0v) is 14.5. The van der Waals surface area contributed by atoms with Crippen molar-refractivity contribution in [2.75, 3.05) is 0 Å². The van der Waals surface area contributed by atoms with Crippen molar-refractivity contribution in [3.63, 3.8) is 0 Å². The van der Waals surface area contributed by atoms with E-state index in [9.17, 15) is 0 Å². The Bertz CT molecular complexity index is 255. The number of halogens is 1. The molecule has 0 aromatic rings. The average Bonchev–Trinajstić information content (AvgIpc) is 2.92. The largest absolute Gasteiger partial charge is 0.270 e. The topological polar surface area (TPSA) is 0 Å². The maximum absolute atomic E-state index is 3.21. The van der Waals surface area contributed by atoms with E-state index in [1.807, 2.05) is 0 Å². The molecule has 0 N–H and O–H groups in total. The van der Waals surface area contributed by atoms with Gasteiger partial charge < -0.3 is 0 Å². The summed E-state index contributed by atoms with van der Waals surface area (Å²) in [5.74, 6) is 0. The molecule has 0 aromatic carbocycles. The van der Waals surface area contributed by atoms with Crippen LogP contribution in [0.2, 0.25) is 0 Å². The fourth-order valence-electron chi connectivity index (χ4n) is 1.39. The van der Waals surface area contributed by atoms with Crippen molar-refractivity contribution in [3.05, 3.63) is 47.6 Å². The molecule has 2 aliphatic rings. The smallest absolute Gasteiger partial charge is 0 e. The quantitative estimate of drug-likeness (QED) is 0.469. The van der Waals surface area contributed by atoms with Gasteiger partial charge in [-0.3, -0.25) is 12.2 Å². The van der Waals surface area contributed by atoms with Crippen molar-refractivity contribution in [1.29, 1.82) is 0 Å². The van der Waals surface area contributed by atoms with Gasteiger partial charge in [0.05, 0.1) is 0 Å². The van der Waals surface area contributed by atoms with Crippen LogP contribution in [0.1, 0.15) is 39.5 Å². The molecule has 0 amide bonds. The Morgan fingerprint density at radius 3 is 1.44 bits per heavy atom. The van der Waals surface area contributed by atoms with E-state index in [1.165, 1.54) is 11.1 Å². The van der Waals surface area contributed by atoms with Crippen LogP contribution in [-0.4, -0.2) is 0 Å². The zero-order chi connectivity index (χ0) is 10.2. The van der Waals surface area contributed by atoms with Crippen LogP contribution in [0.25, 0.3) is 0 Å². The summed E-state index contributed by atoms with van der Waals surface area (Å²) in [5, 5.41) is 0. The molecule has 0 atom stereocenters. The first-order chi connectivity index (χ1) is 6.86. The van der Waals surface area contributed by atoms with Crippen molar-refractivity contribution < 1.29 is 25.8 Å². The van der Waals surface area contributed by atoms with Gasteiger partial charge in [-0.05, 0) is 0 Å². The summed E-state index contributed by atoms with van der Waals surface area (Å²) in [7, 11) is 0. The molecular weight excluding hydrogens is 382 g/mol. The van der Waals surface area contributed by atoms with E-state index >= 15 is 0 Å². The van der Waals surface area contributed by atoms with Crippen molar-refractivity contribution in [2.24, 2.45) is 0 Å². The molecule has 0 spiro atoms. The standard InChI is InChI=1S/2C7H9.ClH.Hf/c2*1-2-7-5-3-4-6-7;;/h2*3,5H,2,4H2,1H3;1H;/q2*-1;;. The van der Waals surface area contributed by atoms with E-state index < -0.39 is 0 Å². The summed E-state index contributed by atoms with van der Waals surface area (Å²) in [4.78, 5) is 0. The number of allylic oxidation sites excluding steroid dienone is 8. The minimum atomic E-state index is 0. The molecule has 0 heterocycles. The number of hydrogen-bond acceptors (Lipinski definition) is 0. The molecule has 2 heteroatoms. The van der Waals surface area contributed by atoms with Crippen LogP contribution in [0.15, 0.2) is 35.5 Å². The van der Waals surface area contributed by atoms with E-state index in [0.717, 1.165) is 25.7 Å². The van der Waals surface area contributed by atoms with E-state index in [1.54, 1.807) is 0 Å². The van der Waals surface area contributed by atoms with Crippen molar-refractivity contribution in [1.82, 2.24) is 0 Å². The fraction of sp³-hybridized carbons (Fsp3) is 0.429. The van der Waals surface area contributed by atoms with Crippen LogP contribution in [0, 0.1) is 12.2 Å². The molecule has 88 valence electrons. The summed E-state index contributed by atoms with van der Waals surface area (Å²) in [6, 6.07) is 0. The molecule has 0 saturated carbocycles. The van der Waals surface area contributed by atoms with Crippen molar-refractivity contribution in [2.45, 2.75) is 39.5 Å². The van der Waals surface area contributed by atoms with Crippen molar-refractivity contribution >= 4 is 12.4 Å². The molecule has 0 aliphatic heterocycles. The number of rotatable bonds is 2. The molecule has 0 unspecified atom stereocenters. The van der Waals surface area contributed by atoms with Gasteiger partial charge in [0.15, 0.2) is 0 Å². The number of hydrogen-bond donors (Lipinski definition) is 0. The Morgan fingerprint density at radius 1 is 0.938 bits per heavy atom. The van der Waals surface area contributed by atoms with E-state index in [-0.39, 0.29) is 38.3 Å². The van der Waals surface area contributed by atoms with Gasteiger partial charge in [0.1, 0.15) is 0 Å². The van der Waals surface area contributed by atoms with Crippen LogP contribution in [0.5, 0.6) is 0 Å². The van der Waals surface area contributed by atoms with Gasteiger partial charge in [0.25, 0.3) is 0 Å². The Balaban J connectivity index is 0. The zero-order valence-electron chi connectivity index (χ0n) is 10.0. The third-order valence-electron chi connectivity index (χ3n) is 2.29. The minimum absolute atomic E-state index is 0. The summed E-state index contributed by atoms with van der Waals surface area (Å²) >= 11 is 0. The first-order valence-electron chi connectivity index (χ1n) is 5.39. The normalized spacial score (nSPS) is 15.4. The van der Waals surface area contributed by atoms with Gasteiger partial charge in [-0.25, -0.2) is 23.3 Å². The Labute approximate surface area is 125 Å². The Hall–Kier alpha value is 0.120. The first-order valence-corrected chi connectivity index (χ1v) is 5.39. The third-order valence-corrected chi connectivity index (χ3v) is 2.29. The van der Waals surface area contributed by atoms with Crippen LogP contribution in [0.4, 0.5) is 0 Å². The molecule has 2 aliphatic carbocycles.